The fourth-order valence-electron chi connectivity index (χ4n) is 3.60. The highest BCUT2D eigenvalue weighted by Gasteiger charge is 2.23. The van der Waals surface area contributed by atoms with Crippen molar-refractivity contribution in [1.29, 1.82) is 0 Å². The normalized spacial score (nSPS) is 11.1. The van der Waals surface area contributed by atoms with Crippen LogP contribution in [-0.2, 0) is 4.74 Å². The summed E-state index contributed by atoms with van der Waals surface area (Å²) < 4.78 is 7.11. The summed E-state index contributed by atoms with van der Waals surface area (Å²) in [5.74, 6) is -0.544. The van der Waals surface area contributed by atoms with E-state index in [0.29, 0.717) is 22.3 Å². The largest absolute Gasteiger partial charge is 0.462 e. The second-order valence-electron chi connectivity index (χ2n) is 6.92. The van der Waals surface area contributed by atoms with E-state index >= 15 is 0 Å². The van der Waals surface area contributed by atoms with Gasteiger partial charge in [-0.1, -0.05) is 48.0 Å². The van der Waals surface area contributed by atoms with Gasteiger partial charge < -0.3 is 9.14 Å². The Hall–Kier alpha value is -3.40. The Balaban J connectivity index is 2.04. The van der Waals surface area contributed by atoms with Crippen LogP contribution in [0.1, 0.15) is 44.5 Å². The molecule has 140 valence electrons. The molecule has 4 nitrogen and oxygen atoms in total. The van der Waals surface area contributed by atoms with Gasteiger partial charge in [0.05, 0.1) is 28.9 Å². The minimum absolute atomic E-state index is 0.125. The van der Waals surface area contributed by atoms with Crippen molar-refractivity contribution in [2.45, 2.75) is 20.8 Å². The molecule has 0 saturated heterocycles. The van der Waals surface area contributed by atoms with E-state index in [1.807, 2.05) is 72.8 Å². The first-order valence-corrected chi connectivity index (χ1v) is 9.33. The number of carbonyl (C=O) groups is 2. The number of benzene rings is 2. The molecule has 0 aliphatic rings. The lowest BCUT2D eigenvalue weighted by atomic mass is 10.1. The van der Waals surface area contributed by atoms with E-state index in [1.165, 1.54) is 0 Å². The minimum atomic E-state index is -0.419. The first kappa shape index (κ1) is 18.0. The van der Waals surface area contributed by atoms with Gasteiger partial charge in [-0.15, -0.1) is 0 Å². The van der Waals surface area contributed by atoms with Crippen LogP contribution >= 0.6 is 0 Å². The van der Waals surface area contributed by atoms with Gasteiger partial charge in [0, 0.05) is 10.9 Å². The number of esters is 1. The summed E-state index contributed by atoms with van der Waals surface area (Å²) in [4.78, 5) is 25.9. The highest BCUT2D eigenvalue weighted by molar-refractivity contribution is 6.12. The molecule has 0 aliphatic carbocycles. The molecule has 2 aromatic carbocycles. The highest BCUT2D eigenvalue weighted by atomic mass is 16.5. The van der Waals surface area contributed by atoms with Crippen LogP contribution < -0.4 is 0 Å². The average Bonchev–Trinajstić information content (AvgIpc) is 3.08. The Morgan fingerprint density at radius 1 is 0.929 bits per heavy atom. The van der Waals surface area contributed by atoms with Crippen molar-refractivity contribution in [2.75, 3.05) is 6.61 Å². The maximum atomic E-state index is 13.3. The Kier molecular flexibility index (Phi) is 4.47. The van der Waals surface area contributed by atoms with Gasteiger partial charge in [-0.25, -0.2) is 4.79 Å². The van der Waals surface area contributed by atoms with E-state index < -0.39 is 5.97 Å². The van der Waals surface area contributed by atoms with Crippen LogP contribution in [0, 0.1) is 13.8 Å². The van der Waals surface area contributed by atoms with Crippen molar-refractivity contribution in [3.8, 4) is 0 Å². The number of pyridine rings is 1. The number of fused-ring (bicyclic) bond motifs is 3. The molecule has 4 heteroatoms. The van der Waals surface area contributed by atoms with E-state index in [4.69, 9.17) is 4.74 Å². The number of nitrogens with zero attached hydrogens (tertiary/aromatic N) is 1. The van der Waals surface area contributed by atoms with Gasteiger partial charge in [0.25, 0.3) is 0 Å². The Morgan fingerprint density at radius 3 is 2.36 bits per heavy atom. The molecule has 0 saturated carbocycles. The molecule has 0 N–H and O–H groups in total. The Labute approximate surface area is 163 Å². The topological polar surface area (TPSA) is 47.8 Å². The maximum absolute atomic E-state index is 13.3. The van der Waals surface area contributed by atoms with Gasteiger partial charge in [-0.3, -0.25) is 4.79 Å². The molecule has 0 fully saturated rings. The fourth-order valence-corrected chi connectivity index (χ4v) is 3.60. The van der Waals surface area contributed by atoms with Crippen molar-refractivity contribution in [3.63, 3.8) is 0 Å². The van der Waals surface area contributed by atoms with Gasteiger partial charge in [0.2, 0.25) is 5.78 Å². The molecule has 0 unspecified atom stereocenters. The molecular formula is C24H21NO3. The monoisotopic (exact) mass is 371 g/mol. The molecular weight excluding hydrogens is 350 g/mol. The van der Waals surface area contributed by atoms with Gasteiger partial charge in [-0.05, 0) is 44.5 Å². The number of ketones is 1. The second-order valence-corrected chi connectivity index (χ2v) is 6.92. The first-order chi connectivity index (χ1) is 13.5. The lowest BCUT2D eigenvalue weighted by molar-refractivity contribution is 0.0529. The SMILES string of the molecule is CCOC(=O)c1cc(C(=O)c2ccc(C)cc2)n2c1cc(C)c1ccccc12. The first-order valence-electron chi connectivity index (χ1n) is 9.33. The molecule has 28 heavy (non-hydrogen) atoms. The van der Waals surface area contributed by atoms with Crippen LogP contribution in [0.25, 0.3) is 16.4 Å². The number of aryl methyl sites for hydroxylation is 2. The summed E-state index contributed by atoms with van der Waals surface area (Å²) >= 11 is 0. The Bertz CT molecular complexity index is 1220. The number of ether oxygens (including phenoxy) is 1. The minimum Gasteiger partial charge on any atom is -0.462 e. The standard InChI is InChI=1S/C24H21NO3/c1-4-28-24(27)19-14-22(23(26)17-11-9-15(2)10-12-17)25-20-8-6-5-7-18(20)16(3)13-21(19)25/h5-14H,4H2,1-3H3. The van der Waals surface area contributed by atoms with Gasteiger partial charge >= 0.3 is 5.97 Å². The summed E-state index contributed by atoms with van der Waals surface area (Å²) in [6.45, 7) is 6.04. The molecule has 2 heterocycles. The number of hydrogen-bond donors (Lipinski definition) is 0. The van der Waals surface area contributed by atoms with Crippen LogP contribution in [0.15, 0.2) is 60.7 Å². The molecule has 0 bridgehead atoms. The van der Waals surface area contributed by atoms with E-state index in [2.05, 4.69) is 0 Å². The zero-order valence-corrected chi connectivity index (χ0v) is 16.2. The molecule has 0 amide bonds. The average molecular weight is 371 g/mol. The van der Waals surface area contributed by atoms with E-state index in [9.17, 15) is 9.59 Å². The van der Waals surface area contributed by atoms with Crippen molar-refractivity contribution >= 4 is 28.2 Å². The van der Waals surface area contributed by atoms with Crippen LogP contribution in [0.2, 0.25) is 0 Å². The van der Waals surface area contributed by atoms with Crippen LogP contribution in [0.5, 0.6) is 0 Å². The van der Waals surface area contributed by atoms with E-state index in [0.717, 1.165) is 22.0 Å². The van der Waals surface area contributed by atoms with Crippen LogP contribution in [0.3, 0.4) is 0 Å². The lowest BCUT2D eigenvalue weighted by Gasteiger charge is -2.10. The van der Waals surface area contributed by atoms with Gasteiger partial charge in [0.15, 0.2) is 0 Å². The summed E-state index contributed by atoms with van der Waals surface area (Å²) in [7, 11) is 0. The summed E-state index contributed by atoms with van der Waals surface area (Å²) in [5.41, 5.74) is 5.16. The number of rotatable bonds is 4. The third-order valence-corrected chi connectivity index (χ3v) is 5.00. The summed E-state index contributed by atoms with van der Waals surface area (Å²) in [6, 6.07) is 19.0. The maximum Gasteiger partial charge on any atom is 0.340 e. The quantitative estimate of drug-likeness (QED) is 0.370. The smallest absolute Gasteiger partial charge is 0.340 e. The molecule has 4 aromatic rings. The number of para-hydroxylation sites is 1. The number of aromatic nitrogens is 1. The predicted octanol–water partition coefficient (Wildman–Crippen LogP) is 5.12. The van der Waals surface area contributed by atoms with Crippen molar-refractivity contribution in [3.05, 3.63) is 88.6 Å². The lowest BCUT2D eigenvalue weighted by Crippen LogP contribution is -2.06. The number of hydrogen-bond acceptors (Lipinski definition) is 3. The second kappa shape index (κ2) is 6.97. The molecule has 4 rings (SSSR count). The zero-order valence-electron chi connectivity index (χ0n) is 16.2. The van der Waals surface area contributed by atoms with Gasteiger partial charge in [0.1, 0.15) is 0 Å². The Morgan fingerprint density at radius 2 is 1.64 bits per heavy atom. The molecule has 0 radical (unpaired) electrons. The van der Waals surface area contributed by atoms with Crippen molar-refractivity contribution in [2.24, 2.45) is 0 Å². The third kappa shape index (κ3) is 2.87. The van der Waals surface area contributed by atoms with Crippen molar-refractivity contribution in [1.82, 2.24) is 4.40 Å². The van der Waals surface area contributed by atoms with Crippen LogP contribution in [0.4, 0.5) is 0 Å². The van der Waals surface area contributed by atoms with Gasteiger partial charge in [-0.2, -0.15) is 0 Å². The third-order valence-electron chi connectivity index (χ3n) is 5.00. The summed E-state index contributed by atoms with van der Waals surface area (Å²) in [6.07, 6.45) is 0. The predicted molar refractivity (Wildman–Crippen MR) is 110 cm³/mol. The summed E-state index contributed by atoms with van der Waals surface area (Å²) in [5, 5.41) is 1.04. The fraction of sp³-hybridized carbons (Fsp3) is 0.167. The van der Waals surface area contributed by atoms with E-state index in [1.54, 1.807) is 13.0 Å². The highest BCUT2D eigenvalue weighted by Crippen LogP contribution is 2.28. The van der Waals surface area contributed by atoms with Crippen LogP contribution in [-0.4, -0.2) is 22.8 Å². The van der Waals surface area contributed by atoms with Crippen molar-refractivity contribution < 1.29 is 14.3 Å². The molecule has 2 aromatic heterocycles. The molecule has 0 spiro atoms. The molecule has 0 aliphatic heterocycles. The number of carbonyl (C=O) groups excluding carboxylic acids is 2. The molecule has 0 atom stereocenters. The zero-order chi connectivity index (χ0) is 19.8. The van der Waals surface area contributed by atoms with E-state index in [-0.39, 0.29) is 12.4 Å².